The number of nitrogens with one attached hydrogen (secondary N) is 2. The van der Waals surface area contributed by atoms with E-state index >= 15 is 0 Å². The van der Waals surface area contributed by atoms with Crippen LogP contribution in [0.4, 0.5) is 0 Å². The van der Waals surface area contributed by atoms with Gasteiger partial charge in [-0.15, -0.1) is 0 Å². The molecule has 1 aliphatic heterocycles. The van der Waals surface area contributed by atoms with Crippen molar-refractivity contribution in [1.82, 2.24) is 19.8 Å². The van der Waals surface area contributed by atoms with Gasteiger partial charge in [0.2, 0.25) is 5.91 Å². The second kappa shape index (κ2) is 4.56. The lowest BCUT2D eigenvalue weighted by Crippen LogP contribution is -2.68. The number of hydrogen-bond donors (Lipinski definition) is 2. The first-order chi connectivity index (χ1) is 9.43. The van der Waals surface area contributed by atoms with E-state index in [1.54, 1.807) is 7.05 Å². The summed E-state index contributed by atoms with van der Waals surface area (Å²) in [6.07, 6.45) is 5.04. The number of piperidine rings is 1. The molecule has 0 aromatic carbocycles. The maximum Gasteiger partial charge on any atom is 0.258 e. The molecule has 2 N–H and O–H groups in total. The van der Waals surface area contributed by atoms with E-state index in [1.807, 2.05) is 0 Å². The highest BCUT2D eigenvalue weighted by atomic mass is 32.2. The summed E-state index contributed by atoms with van der Waals surface area (Å²) >= 11 is 0. The van der Waals surface area contributed by atoms with Gasteiger partial charge in [0.15, 0.2) is 5.03 Å². The molecule has 1 saturated carbocycles. The Morgan fingerprint density at radius 1 is 1.50 bits per heavy atom. The normalized spacial score (nSPS) is 25.2. The second-order valence-electron chi connectivity index (χ2n) is 5.56. The maximum atomic E-state index is 12.4. The Morgan fingerprint density at radius 2 is 2.25 bits per heavy atom. The minimum atomic E-state index is -3.61. The van der Waals surface area contributed by atoms with Crippen LogP contribution < -0.4 is 10.0 Å². The van der Waals surface area contributed by atoms with Crippen LogP contribution in [0.3, 0.4) is 0 Å². The van der Waals surface area contributed by atoms with E-state index in [0.29, 0.717) is 12.8 Å². The molecule has 1 atom stereocenters. The van der Waals surface area contributed by atoms with E-state index in [-0.39, 0.29) is 22.5 Å². The standard InChI is InChI=1S/C12H18N4O3S/c1-16-11(5-8-13-16)20(18,19)15-9-3-4-10(17)14-12(9)6-2-7-12/h5,8-9,15H,2-4,6-7H2,1H3,(H,14,17). The van der Waals surface area contributed by atoms with Crippen LogP contribution in [0.5, 0.6) is 0 Å². The zero-order chi connectivity index (χ0) is 14.4. The van der Waals surface area contributed by atoms with Gasteiger partial charge in [0, 0.05) is 19.5 Å². The monoisotopic (exact) mass is 298 g/mol. The zero-order valence-corrected chi connectivity index (χ0v) is 12.1. The summed E-state index contributed by atoms with van der Waals surface area (Å²) in [4.78, 5) is 11.6. The van der Waals surface area contributed by atoms with Gasteiger partial charge >= 0.3 is 0 Å². The van der Waals surface area contributed by atoms with E-state index in [2.05, 4.69) is 15.1 Å². The van der Waals surface area contributed by atoms with E-state index in [1.165, 1.54) is 16.9 Å². The van der Waals surface area contributed by atoms with Gasteiger partial charge in [-0.25, -0.2) is 13.1 Å². The topological polar surface area (TPSA) is 93.1 Å². The molecule has 2 heterocycles. The van der Waals surface area contributed by atoms with Crippen molar-refractivity contribution in [2.75, 3.05) is 0 Å². The molecule has 1 aromatic rings. The maximum absolute atomic E-state index is 12.4. The predicted octanol–water partition coefficient (Wildman–Crippen LogP) is -0.100. The lowest BCUT2D eigenvalue weighted by molar-refractivity contribution is -0.127. The Morgan fingerprint density at radius 3 is 2.80 bits per heavy atom. The fourth-order valence-corrected chi connectivity index (χ4v) is 4.53. The number of aryl methyl sites for hydroxylation is 1. The molecular formula is C12H18N4O3S. The molecule has 1 spiro atoms. The third kappa shape index (κ3) is 2.12. The molecule has 20 heavy (non-hydrogen) atoms. The van der Waals surface area contributed by atoms with Gasteiger partial charge in [-0.1, -0.05) is 0 Å². The van der Waals surface area contributed by atoms with Gasteiger partial charge < -0.3 is 5.32 Å². The first-order valence-corrected chi connectivity index (χ1v) is 8.23. The Labute approximate surface area is 117 Å². The number of aromatic nitrogens is 2. The fraction of sp³-hybridized carbons (Fsp3) is 0.667. The van der Waals surface area contributed by atoms with E-state index in [9.17, 15) is 13.2 Å². The van der Waals surface area contributed by atoms with Crippen molar-refractivity contribution in [2.45, 2.75) is 48.7 Å². The number of hydrogen-bond acceptors (Lipinski definition) is 4. The third-order valence-electron chi connectivity index (χ3n) is 4.31. The molecular weight excluding hydrogens is 280 g/mol. The minimum Gasteiger partial charge on any atom is -0.349 e. The van der Waals surface area contributed by atoms with Crippen LogP contribution in [-0.4, -0.2) is 35.7 Å². The molecule has 1 aromatic heterocycles. The summed E-state index contributed by atoms with van der Waals surface area (Å²) in [6.45, 7) is 0. The molecule has 1 unspecified atom stereocenters. The van der Waals surface area contributed by atoms with Crippen molar-refractivity contribution in [3.8, 4) is 0 Å². The molecule has 1 saturated heterocycles. The molecule has 2 fully saturated rings. The summed E-state index contributed by atoms with van der Waals surface area (Å²) in [5.41, 5.74) is -0.388. The van der Waals surface area contributed by atoms with Crippen LogP contribution >= 0.6 is 0 Å². The highest BCUT2D eigenvalue weighted by molar-refractivity contribution is 7.89. The van der Waals surface area contributed by atoms with Crippen molar-refractivity contribution >= 4 is 15.9 Å². The molecule has 0 bridgehead atoms. The van der Waals surface area contributed by atoms with Crippen molar-refractivity contribution < 1.29 is 13.2 Å². The highest BCUT2D eigenvalue weighted by Crippen LogP contribution is 2.39. The van der Waals surface area contributed by atoms with Crippen molar-refractivity contribution in [1.29, 1.82) is 0 Å². The summed E-state index contributed by atoms with van der Waals surface area (Å²) in [5, 5.41) is 7.00. The second-order valence-corrected chi connectivity index (χ2v) is 7.22. The van der Waals surface area contributed by atoms with Gasteiger partial charge in [0.25, 0.3) is 10.0 Å². The van der Waals surface area contributed by atoms with Crippen LogP contribution in [-0.2, 0) is 21.9 Å². The molecule has 110 valence electrons. The minimum absolute atomic E-state index is 0.0145. The Kier molecular flexibility index (Phi) is 3.09. The number of sulfonamides is 1. The van der Waals surface area contributed by atoms with Gasteiger partial charge in [0.1, 0.15) is 0 Å². The zero-order valence-electron chi connectivity index (χ0n) is 11.3. The van der Waals surface area contributed by atoms with Crippen molar-refractivity contribution in [2.24, 2.45) is 7.05 Å². The van der Waals surface area contributed by atoms with Gasteiger partial charge in [0.05, 0.1) is 11.7 Å². The summed E-state index contributed by atoms with van der Waals surface area (Å²) in [5.74, 6) is 0.0145. The molecule has 7 nitrogen and oxygen atoms in total. The largest absolute Gasteiger partial charge is 0.349 e. The molecule has 1 amide bonds. The lowest BCUT2D eigenvalue weighted by Gasteiger charge is -2.50. The number of carbonyl (C=O) groups is 1. The summed E-state index contributed by atoms with van der Waals surface area (Å²) in [7, 11) is -2.02. The Hall–Kier alpha value is -1.41. The van der Waals surface area contributed by atoms with Gasteiger partial charge in [-0.3, -0.25) is 9.48 Å². The average Bonchev–Trinajstić information content (AvgIpc) is 2.76. The number of carbonyl (C=O) groups excluding carboxylic acids is 1. The SMILES string of the molecule is Cn1nccc1S(=O)(=O)NC1CCC(=O)NC12CCC2. The number of amides is 1. The molecule has 8 heteroatoms. The van der Waals surface area contributed by atoms with E-state index in [4.69, 9.17) is 0 Å². The smallest absolute Gasteiger partial charge is 0.258 e. The number of nitrogens with zero attached hydrogens (tertiary/aromatic N) is 2. The lowest BCUT2D eigenvalue weighted by atomic mass is 9.68. The molecule has 3 rings (SSSR count). The van der Waals surface area contributed by atoms with Crippen LogP contribution in [0.15, 0.2) is 17.3 Å². The van der Waals surface area contributed by atoms with Crippen molar-refractivity contribution in [3.63, 3.8) is 0 Å². The van der Waals surface area contributed by atoms with Gasteiger partial charge in [-0.2, -0.15) is 5.10 Å². The molecule has 2 aliphatic rings. The first-order valence-electron chi connectivity index (χ1n) is 6.74. The van der Waals surface area contributed by atoms with Gasteiger partial charge in [-0.05, 0) is 31.7 Å². The summed E-state index contributed by atoms with van der Waals surface area (Å²) in [6, 6.07) is 1.23. The Bertz CT molecular complexity index is 633. The quantitative estimate of drug-likeness (QED) is 0.815. The van der Waals surface area contributed by atoms with Crippen LogP contribution in [0.25, 0.3) is 0 Å². The molecule has 1 aliphatic carbocycles. The average molecular weight is 298 g/mol. The van der Waals surface area contributed by atoms with E-state index in [0.717, 1.165) is 19.3 Å². The first kappa shape index (κ1) is 13.6. The fourth-order valence-electron chi connectivity index (χ4n) is 3.05. The number of rotatable bonds is 3. The Balaban J connectivity index is 1.83. The highest BCUT2D eigenvalue weighted by Gasteiger charge is 2.49. The third-order valence-corrected chi connectivity index (χ3v) is 5.86. The van der Waals surface area contributed by atoms with Crippen molar-refractivity contribution in [3.05, 3.63) is 12.3 Å². The molecule has 0 radical (unpaired) electrons. The van der Waals surface area contributed by atoms with E-state index < -0.39 is 10.0 Å². The predicted molar refractivity (Wildman–Crippen MR) is 71.3 cm³/mol. The van der Waals surface area contributed by atoms with Crippen LogP contribution in [0.1, 0.15) is 32.1 Å². The van der Waals surface area contributed by atoms with Crippen LogP contribution in [0, 0.1) is 0 Å². The summed E-state index contributed by atoms with van der Waals surface area (Å²) < 4.78 is 28.9. The van der Waals surface area contributed by atoms with Crippen LogP contribution in [0.2, 0.25) is 0 Å².